The first-order valence-corrected chi connectivity index (χ1v) is 4.77. The van der Waals surface area contributed by atoms with Crippen LogP contribution >= 0.6 is 0 Å². The maximum absolute atomic E-state index is 11.1. The SMILES string of the molecule is CO[C@@H]1OC(=O)C[C@H]1N1CCCC1. The fourth-order valence-electron chi connectivity index (χ4n) is 2.10. The molecule has 0 radical (unpaired) electrons. The van der Waals surface area contributed by atoms with Crippen LogP contribution in [0, 0.1) is 0 Å². The zero-order valence-corrected chi connectivity index (χ0v) is 7.86. The summed E-state index contributed by atoms with van der Waals surface area (Å²) in [7, 11) is 1.59. The minimum atomic E-state index is -0.342. The molecular formula is C9H15NO3. The molecule has 2 heterocycles. The Morgan fingerprint density at radius 3 is 2.77 bits per heavy atom. The van der Waals surface area contributed by atoms with E-state index >= 15 is 0 Å². The number of hydrogen-bond acceptors (Lipinski definition) is 4. The van der Waals surface area contributed by atoms with E-state index in [0.29, 0.717) is 6.42 Å². The van der Waals surface area contributed by atoms with Crippen molar-refractivity contribution in [1.82, 2.24) is 4.90 Å². The van der Waals surface area contributed by atoms with Crippen LogP contribution < -0.4 is 0 Å². The summed E-state index contributed by atoms with van der Waals surface area (Å²) in [6, 6.07) is 0.153. The summed E-state index contributed by atoms with van der Waals surface area (Å²) in [6.45, 7) is 2.14. The van der Waals surface area contributed by atoms with Gasteiger partial charge in [0.2, 0.25) is 6.29 Å². The van der Waals surface area contributed by atoms with E-state index in [4.69, 9.17) is 9.47 Å². The van der Waals surface area contributed by atoms with Gasteiger partial charge in [-0.05, 0) is 25.9 Å². The molecule has 0 N–H and O–H groups in total. The fraction of sp³-hybridized carbons (Fsp3) is 0.889. The molecule has 74 valence electrons. The van der Waals surface area contributed by atoms with Crippen LogP contribution in [0.15, 0.2) is 0 Å². The highest BCUT2D eigenvalue weighted by Gasteiger charge is 2.39. The molecule has 0 saturated carbocycles. The maximum Gasteiger partial charge on any atom is 0.309 e. The molecule has 2 saturated heterocycles. The molecule has 4 heteroatoms. The number of likely N-dealkylation sites (tertiary alicyclic amines) is 1. The molecular weight excluding hydrogens is 170 g/mol. The van der Waals surface area contributed by atoms with Crippen LogP contribution in [0.4, 0.5) is 0 Å². The molecule has 0 amide bonds. The van der Waals surface area contributed by atoms with Crippen LogP contribution in [0.5, 0.6) is 0 Å². The van der Waals surface area contributed by atoms with Gasteiger partial charge in [-0.25, -0.2) is 0 Å². The van der Waals surface area contributed by atoms with E-state index < -0.39 is 0 Å². The average molecular weight is 185 g/mol. The first-order chi connectivity index (χ1) is 6.31. The Kier molecular flexibility index (Phi) is 2.51. The Balaban J connectivity index is 1.99. The van der Waals surface area contributed by atoms with E-state index in [2.05, 4.69) is 4.90 Å². The summed E-state index contributed by atoms with van der Waals surface area (Å²) in [6.07, 6.45) is 2.59. The number of hydrogen-bond donors (Lipinski definition) is 0. The quantitative estimate of drug-likeness (QED) is 0.583. The molecule has 2 rings (SSSR count). The van der Waals surface area contributed by atoms with Crippen LogP contribution in [0.2, 0.25) is 0 Å². The second-order valence-corrected chi connectivity index (χ2v) is 3.61. The number of esters is 1. The lowest BCUT2D eigenvalue weighted by Crippen LogP contribution is -2.39. The van der Waals surface area contributed by atoms with Crippen molar-refractivity contribution in [2.24, 2.45) is 0 Å². The predicted molar refractivity (Wildman–Crippen MR) is 46.1 cm³/mol. The van der Waals surface area contributed by atoms with Crippen molar-refractivity contribution in [2.75, 3.05) is 20.2 Å². The van der Waals surface area contributed by atoms with Gasteiger partial charge in [-0.1, -0.05) is 0 Å². The van der Waals surface area contributed by atoms with Crippen molar-refractivity contribution in [3.8, 4) is 0 Å². The fourth-order valence-corrected chi connectivity index (χ4v) is 2.10. The molecule has 0 aromatic heterocycles. The van der Waals surface area contributed by atoms with Crippen LogP contribution in [-0.2, 0) is 14.3 Å². The van der Waals surface area contributed by atoms with Gasteiger partial charge in [0.25, 0.3) is 0 Å². The van der Waals surface area contributed by atoms with Gasteiger partial charge in [-0.3, -0.25) is 9.69 Å². The number of cyclic esters (lactones) is 1. The van der Waals surface area contributed by atoms with Gasteiger partial charge >= 0.3 is 5.97 Å². The highest BCUT2D eigenvalue weighted by atomic mass is 16.7. The lowest BCUT2D eigenvalue weighted by Gasteiger charge is -2.25. The van der Waals surface area contributed by atoms with E-state index in [0.717, 1.165) is 13.1 Å². The van der Waals surface area contributed by atoms with Gasteiger partial charge < -0.3 is 9.47 Å². The van der Waals surface area contributed by atoms with E-state index in [1.54, 1.807) is 7.11 Å². The van der Waals surface area contributed by atoms with Crippen molar-refractivity contribution >= 4 is 5.97 Å². The highest BCUT2D eigenvalue weighted by molar-refractivity contribution is 5.72. The zero-order chi connectivity index (χ0) is 9.26. The summed E-state index contributed by atoms with van der Waals surface area (Å²) in [5, 5.41) is 0. The summed E-state index contributed by atoms with van der Waals surface area (Å²) >= 11 is 0. The third-order valence-corrected chi connectivity index (χ3v) is 2.78. The van der Waals surface area contributed by atoms with Crippen molar-refractivity contribution < 1.29 is 14.3 Å². The van der Waals surface area contributed by atoms with Crippen molar-refractivity contribution in [2.45, 2.75) is 31.6 Å². The number of rotatable bonds is 2. The van der Waals surface area contributed by atoms with Gasteiger partial charge in [0.15, 0.2) is 0 Å². The number of carbonyl (C=O) groups is 1. The average Bonchev–Trinajstić information content (AvgIpc) is 2.71. The molecule has 2 fully saturated rings. The lowest BCUT2D eigenvalue weighted by molar-refractivity contribution is -0.162. The number of methoxy groups -OCH3 is 1. The molecule has 0 spiro atoms. The van der Waals surface area contributed by atoms with Gasteiger partial charge in [-0.15, -0.1) is 0 Å². The summed E-state index contributed by atoms with van der Waals surface area (Å²) in [4.78, 5) is 13.3. The summed E-state index contributed by atoms with van der Waals surface area (Å²) in [5.74, 6) is -0.135. The Morgan fingerprint density at radius 2 is 2.15 bits per heavy atom. The maximum atomic E-state index is 11.1. The monoisotopic (exact) mass is 185 g/mol. The minimum absolute atomic E-state index is 0.135. The molecule has 0 aromatic rings. The van der Waals surface area contributed by atoms with Gasteiger partial charge in [0, 0.05) is 7.11 Å². The lowest BCUT2D eigenvalue weighted by atomic mass is 10.2. The van der Waals surface area contributed by atoms with Gasteiger partial charge in [0.1, 0.15) is 0 Å². The second kappa shape index (κ2) is 3.64. The Hall–Kier alpha value is -0.610. The molecule has 2 aliphatic rings. The Bertz CT molecular complexity index is 201. The van der Waals surface area contributed by atoms with Crippen molar-refractivity contribution in [1.29, 1.82) is 0 Å². The Morgan fingerprint density at radius 1 is 1.46 bits per heavy atom. The largest absolute Gasteiger partial charge is 0.434 e. The van der Waals surface area contributed by atoms with Crippen molar-refractivity contribution in [3.05, 3.63) is 0 Å². The molecule has 0 aromatic carbocycles. The standard InChI is InChI=1S/C9H15NO3/c1-12-9-7(6-8(11)13-9)10-4-2-3-5-10/h7,9H,2-6H2,1H3/t7-,9-/m1/s1. The van der Waals surface area contributed by atoms with Crippen LogP contribution in [0.1, 0.15) is 19.3 Å². The summed E-state index contributed by atoms with van der Waals surface area (Å²) in [5.41, 5.74) is 0. The third kappa shape index (κ3) is 1.69. The normalized spacial score (nSPS) is 35.3. The zero-order valence-electron chi connectivity index (χ0n) is 7.86. The number of carbonyl (C=O) groups excluding carboxylic acids is 1. The van der Waals surface area contributed by atoms with Crippen LogP contribution in [-0.4, -0.2) is 43.4 Å². The topological polar surface area (TPSA) is 38.8 Å². The number of nitrogens with zero attached hydrogens (tertiary/aromatic N) is 1. The highest BCUT2D eigenvalue weighted by Crippen LogP contribution is 2.24. The predicted octanol–water partition coefficient (Wildman–Crippen LogP) is 0.370. The number of ether oxygens (including phenoxy) is 2. The van der Waals surface area contributed by atoms with Gasteiger partial charge in [-0.2, -0.15) is 0 Å². The Labute approximate surface area is 77.8 Å². The molecule has 4 nitrogen and oxygen atoms in total. The molecule has 13 heavy (non-hydrogen) atoms. The second-order valence-electron chi connectivity index (χ2n) is 3.61. The summed E-state index contributed by atoms with van der Waals surface area (Å²) < 4.78 is 10.2. The molecule has 0 bridgehead atoms. The molecule has 2 atom stereocenters. The van der Waals surface area contributed by atoms with Crippen molar-refractivity contribution in [3.63, 3.8) is 0 Å². The van der Waals surface area contributed by atoms with Crippen LogP contribution in [0.3, 0.4) is 0 Å². The van der Waals surface area contributed by atoms with Gasteiger partial charge in [0.05, 0.1) is 12.5 Å². The van der Waals surface area contributed by atoms with Crippen LogP contribution in [0.25, 0.3) is 0 Å². The van der Waals surface area contributed by atoms with E-state index in [1.807, 2.05) is 0 Å². The molecule has 0 unspecified atom stereocenters. The van der Waals surface area contributed by atoms with E-state index in [-0.39, 0.29) is 18.3 Å². The van der Waals surface area contributed by atoms with E-state index in [9.17, 15) is 4.79 Å². The third-order valence-electron chi connectivity index (χ3n) is 2.78. The van der Waals surface area contributed by atoms with E-state index in [1.165, 1.54) is 12.8 Å². The first kappa shape index (κ1) is 8.97. The smallest absolute Gasteiger partial charge is 0.309 e. The first-order valence-electron chi connectivity index (χ1n) is 4.77. The molecule has 0 aliphatic carbocycles. The molecule has 2 aliphatic heterocycles. The minimum Gasteiger partial charge on any atom is -0.434 e.